The van der Waals surface area contributed by atoms with E-state index in [0.717, 1.165) is 19.6 Å². The molecule has 0 aliphatic carbocycles. The average molecular weight is 168 g/mol. The van der Waals surface area contributed by atoms with Gasteiger partial charge in [0.2, 0.25) is 0 Å². The van der Waals surface area contributed by atoms with Crippen molar-refractivity contribution in [1.82, 2.24) is 9.71 Å². The average Bonchev–Trinajstić information content (AvgIpc) is 1.96. The number of carboxylic acid groups (broad SMARTS) is 1. The Morgan fingerprint density at radius 1 is 1.67 bits per heavy atom. The van der Waals surface area contributed by atoms with Crippen LogP contribution < -0.4 is 0 Å². The fourth-order valence-electron chi connectivity index (χ4n) is 1.41. The largest absolute Gasteiger partial charge is 0.481 e. The number of hydrogen-bond acceptors (Lipinski definition) is 3. The Bertz CT molecular complexity index is 177. The fourth-order valence-corrected chi connectivity index (χ4v) is 1.41. The van der Waals surface area contributed by atoms with Gasteiger partial charge in [-0.3, -0.25) is 4.79 Å². The molecule has 0 spiro atoms. The van der Waals surface area contributed by atoms with Gasteiger partial charge in [-0.2, -0.15) is 0 Å². The van der Waals surface area contributed by atoms with Crippen LogP contribution in [0, 0.1) is 0 Å². The Hall–Kier alpha value is -0.545. The molecule has 0 amide bonds. The molecule has 1 aliphatic rings. The van der Waals surface area contributed by atoms with Gasteiger partial charge in [-0.05, 0) is 13.6 Å². The normalized spacial score (nSPS) is 27.2. The molecule has 1 N–H and O–H groups in total. The minimum absolute atomic E-state index is 0.0405. The van der Waals surface area contributed by atoms with E-state index in [4.69, 9.17) is 13.1 Å². The molecular weight excluding hydrogens is 155 g/mol. The lowest BCUT2D eigenvalue weighted by Gasteiger charge is -2.37. The molecule has 1 saturated heterocycles. The lowest BCUT2D eigenvalue weighted by atomic mass is 10.0. The first-order chi connectivity index (χ1) is 5.59. The van der Waals surface area contributed by atoms with Crippen LogP contribution in [0.5, 0.6) is 0 Å². The van der Waals surface area contributed by atoms with Crippen molar-refractivity contribution in [3.05, 3.63) is 0 Å². The van der Waals surface area contributed by atoms with Crippen LogP contribution in [-0.2, 0) is 4.79 Å². The lowest BCUT2D eigenvalue weighted by Crippen LogP contribution is -2.51. The maximum Gasteiger partial charge on any atom is 0.304 e. The van der Waals surface area contributed by atoms with Crippen LogP contribution in [0.4, 0.5) is 0 Å². The van der Waals surface area contributed by atoms with Gasteiger partial charge >= 0.3 is 5.97 Å². The lowest BCUT2D eigenvalue weighted by molar-refractivity contribution is -0.138. The highest BCUT2D eigenvalue weighted by Gasteiger charge is 2.23. The smallest absolute Gasteiger partial charge is 0.304 e. The number of rotatable bonds is 2. The molecule has 1 rings (SSSR count). The molecule has 0 aromatic heterocycles. The third kappa shape index (κ3) is 2.50. The number of hydrogen-bond donors (Lipinski definition) is 1. The van der Waals surface area contributed by atoms with E-state index in [1.165, 1.54) is 0 Å². The van der Waals surface area contributed by atoms with Crippen molar-refractivity contribution in [2.75, 3.05) is 26.7 Å². The van der Waals surface area contributed by atoms with Gasteiger partial charge in [0.05, 0.1) is 6.42 Å². The Labute approximate surface area is 73.6 Å². The van der Waals surface area contributed by atoms with Gasteiger partial charge in [0.25, 0.3) is 0 Å². The molecule has 1 aliphatic heterocycles. The van der Waals surface area contributed by atoms with E-state index in [1.807, 2.05) is 7.05 Å². The zero-order valence-electron chi connectivity index (χ0n) is 7.23. The van der Waals surface area contributed by atoms with Crippen molar-refractivity contribution in [3.8, 4) is 0 Å². The Morgan fingerprint density at radius 2 is 2.33 bits per heavy atom. The summed E-state index contributed by atoms with van der Waals surface area (Å²) in [5, 5.41) is 8.57. The van der Waals surface area contributed by atoms with E-state index in [9.17, 15) is 4.79 Å². The van der Waals surface area contributed by atoms with E-state index in [0.29, 0.717) is 0 Å². The highest BCUT2D eigenvalue weighted by molar-refractivity contribution is 6.04. The van der Waals surface area contributed by atoms with Gasteiger partial charge in [-0.25, -0.2) is 0 Å². The molecule has 1 fully saturated rings. The first-order valence-corrected chi connectivity index (χ1v) is 4.01. The van der Waals surface area contributed by atoms with Crippen LogP contribution in [0.2, 0.25) is 0 Å². The van der Waals surface area contributed by atoms with E-state index in [2.05, 4.69) is 4.90 Å². The fraction of sp³-hybridized carbons (Fsp3) is 0.857. The molecule has 1 atom stereocenters. The topological polar surface area (TPSA) is 43.8 Å². The minimum Gasteiger partial charge on any atom is -0.481 e. The standard InChI is InChI=1S/C7H13BN2O2/c1-9-2-3-10(8)6(5-9)4-7(11)12/h6H,2-5H2,1H3,(H,11,12). The Kier molecular flexibility index (Phi) is 3.11. The van der Waals surface area contributed by atoms with Crippen molar-refractivity contribution in [2.45, 2.75) is 12.5 Å². The predicted octanol–water partition coefficient (Wildman–Crippen LogP) is -0.839. The predicted molar refractivity (Wildman–Crippen MR) is 46.0 cm³/mol. The second-order valence-electron chi connectivity index (χ2n) is 3.25. The van der Waals surface area contributed by atoms with Crippen LogP contribution in [0.3, 0.4) is 0 Å². The summed E-state index contributed by atoms with van der Waals surface area (Å²) in [6.07, 6.45) is 0.126. The molecule has 0 bridgehead atoms. The summed E-state index contributed by atoms with van der Waals surface area (Å²) in [6, 6.07) is -0.0405. The molecule has 12 heavy (non-hydrogen) atoms. The molecule has 1 heterocycles. The molecule has 0 aromatic carbocycles. The quantitative estimate of drug-likeness (QED) is 0.546. The van der Waals surface area contributed by atoms with Crippen molar-refractivity contribution in [3.63, 3.8) is 0 Å². The van der Waals surface area contributed by atoms with Crippen LogP contribution in [0.15, 0.2) is 0 Å². The molecule has 66 valence electrons. The second kappa shape index (κ2) is 3.91. The van der Waals surface area contributed by atoms with Crippen LogP contribution in [0.25, 0.3) is 0 Å². The van der Waals surface area contributed by atoms with Crippen molar-refractivity contribution in [2.24, 2.45) is 0 Å². The third-order valence-electron chi connectivity index (χ3n) is 2.14. The second-order valence-corrected chi connectivity index (χ2v) is 3.25. The molecule has 5 heteroatoms. The summed E-state index contributed by atoms with van der Waals surface area (Å²) in [6.45, 7) is 2.39. The number of nitrogens with zero attached hydrogens (tertiary/aromatic N) is 2. The molecule has 4 nitrogen and oxygen atoms in total. The number of piperazine rings is 1. The molecule has 0 aromatic rings. The van der Waals surface area contributed by atoms with Gasteiger partial charge in [0.15, 0.2) is 7.98 Å². The van der Waals surface area contributed by atoms with Crippen molar-refractivity contribution < 1.29 is 9.90 Å². The van der Waals surface area contributed by atoms with E-state index in [1.54, 1.807) is 4.81 Å². The molecule has 1 unspecified atom stereocenters. The maximum atomic E-state index is 10.4. The van der Waals surface area contributed by atoms with Crippen molar-refractivity contribution >= 4 is 14.0 Å². The highest BCUT2D eigenvalue weighted by Crippen LogP contribution is 2.08. The minimum atomic E-state index is -0.786. The maximum absolute atomic E-state index is 10.4. The summed E-state index contributed by atoms with van der Waals surface area (Å²) < 4.78 is 0. The van der Waals surface area contributed by atoms with Gasteiger partial charge in [-0.15, -0.1) is 0 Å². The zero-order valence-corrected chi connectivity index (χ0v) is 7.23. The first-order valence-electron chi connectivity index (χ1n) is 4.01. The van der Waals surface area contributed by atoms with Gasteiger partial charge in [0, 0.05) is 19.1 Å². The van der Waals surface area contributed by atoms with E-state index < -0.39 is 5.97 Å². The summed E-state index contributed by atoms with van der Waals surface area (Å²) >= 11 is 0. The van der Waals surface area contributed by atoms with Crippen LogP contribution >= 0.6 is 0 Å². The monoisotopic (exact) mass is 168 g/mol. The Morgan fingerprint density at radius 3 is 2.92 bits per heavy atom. The van der Waals surface area contributed by atoms with Gasteiger partial charge in [-0.1, -0.05) is 0 Å². The SMILES string of the molecule is [B]N1CCN(C)CC1CC(=O)O. The zero-order chi connectivity index (χ0) is 9.14. The molecule has 0 saturated carbocycles. The summed E-state index contributed by atoms with van der Waals surface area (Å²) in [5.74, 6) is -0.786. The number of aliphatic carboxylic acids is 1. The van der Waals surface area contributed by atoms with Crippen LogP contribution in [-0.4, -0.2) is 61.5 Å². The summed E-state index contributed by atoms with van der Waals surface area (Å²) in [5.41, 5.74) is 0. The van der Waals surface area contributed by atoms with Crippen molar-refractivity contribution in [1.29, 1.82) is 0 Å². The summed E-state index contributed by atoms with van der Waals surface area (Å²) in [7, 11) is 7.61. The number of likely N-dealkylation sites (N-methyl/N-ethyl adjacent to an activating group) is 1. The van der Waals surface area contributed by atoms with Crippen LogP contribution in [0.1, 0.15) is 6.42 Å². The number of carboxylic acids is 1. The highest BCUT2D eigenvalue weighted by atomic mass is 16.4. The summed E-state index contributed by atoms with van der Waals surface area (Å²) in [4.78, 5) is 14.1. The van der Waals surface area contributed by atoms with E-state index in [-0.39, 0.29) is 12.5 Å². The third-order valence-corrected chi connectivity index (χ3v) is 2.14. The number of carbonyl (C=O) groups is 1. The molecular formula is C7H13BN2O2. The molecule has 2 radical (unpaired) electrons. The first kappa shape index (κ1) is 9.54. The van der Waals surface area contributed by atoms with Gasteiger partial charge < -0.3 is 14.8 Å². The Balaban J connectivity index is 2.43. The van der Waals surface area contributed by atoms with E-state index >= 15 is 0 Å². The van der Waals surface area contributed by atoms with Gasteiger partial charge in [0.1, 0.15) is 0 Å².